The van der Waals surface area contributed by atoms with E-state index < -0.39 is 0 Å². The Morgan fingerprint density at radius 2 is 2.27 bits per heavy atom. The number of allylic oxidation sites excluding steroid dienone is 1. The number of hydrogen-bond acceptors (Lipinski definition) is 2. The van der Waals surface area contributed by atoms with Crippen LogP contribution in [0.1, 0.15) is 13.8 Å². The highest BCUT2D eigenvalue weighted by atomic mass is 15.2. The molecule has 0 bridgehead atoms. The summed E-state index contributed by atoms with van der Waals surface area (Å²) in [5.74, 6) is 0. The highest BCUT2D eigenvalue weighted by molar-refractivity contribution is 5.03. The minimum atomic E-state index is 0.605. The van der Waals surface area contributed by atoms with Crippen molar-refractivity contribution < 1.29 is 0 Å². The van der Waals surface area contributed by atoms with Gasteiger partial charge in [-0.15, -0.1) is 0 Å². The summed E-state index contributed by atoms with van der Waals surface area (Å²) in [4.78, 5) is 2.39. The Balaban J connectivity index is 2.48. The number of nitrogens with one attached hydrogen (secondary N) is 1. The van der Waals surface area contributed by atoms with Crippen molar-refractivity contribution in [3.05, 3.63) is 11.6 Å². The first-order valence-corrected chi connectivity index (χ1v) is 4.26. The van der Waals surface area contributed by atoms with Crippen molar-refractivity contribution in [1.29, 1.82) is 0 Å². The van der Waals surface area contributed by atoms with E-state index in [4.69, 9.17) is 0 Å². The number of piperazine rings is 1. The van der Waals surface area contributed by atoms with Crippen LogP contribution in [0.5, 0.6) is 0 Å². The van der Waals surface area contributed by atoms with Crippen LogP contribution in [0, 0.1) is 0 Å². The maximum absolute atomic E-state index is 3.38. The van der Waals surface area contributed by atoms with Crippen molar-refractivity contribution in [2.45, 2.75) is 19.9 Å². The molecule has 0 aromatic rings. The molecule has 0 aromatic carbocycles. The van der Waals surface area contributed by atoms with E-state index >= 15 is 0 Å². The lowest BCUT2D eigenvalue weighted by Crippen LogP contribution is -2.48. The molecule has 0 aliphatic carbocycles. The highest BCUT2D eigenvalue weighted by Gasteiger charge is 2.14. The second-order valence-electron chi connectivity index (χ2n) is 3.50. The summed E-state index contributed by atoms with van der Waals surface area (Å²) < 4.78 is 0. The average Bonchev–Trinajstić information content (AvgIpc) is 1.93. The van der Waals surface area contributed by atoms with Gasteiger partial charge in [-0.1, -0.05) is 11.6 Å². The molecular formula is C9H18N2. The smallest absolute Gasteiger partial charge is 0.0403 e. The van der Waals surface area contributed by atoms with Crippen LogP contribution < -0.4 is 5.32 Å². The Bertz CT molecular complexity index is 148. The zero-order valence-electron chi connectivity index (χ0n) is 7.72. The number of hydrogen-bond donors (Lipinski definition) is 1. The van der Waals surface area contributed by atoms with Gasteiger partial charge in [0.15, 0.2) is 0 Å². The quantitative estimate of drug-likeness (QED) is 0.563. The molecule has 1 aliphatic heterocycles. The summed E-state index contributed by atoms with van der Waals surface area (Å²) in [6.45, 7) is 7.70. The molecule has 0 radical (unpaired) electrons. The fraction of sp³-hybridized carbons (Fsp3) is 0.778. The molecule has 1 aliphatic rings. The normalized spacial score (nSPS) is 26.6. The molecule has 1 atom stereocenters. The summed E-state index contributed by atoms with van der Waals surface area (Å²) in [5.41, 5.74) is 1.41. The van der Waals surface area contributed by atoms with Gasteiger partial charge in [-0.25, -0.2) is 0 Å². The minimum Gasteiger partial charge on any atom is -0.314 e. The molecule has 1 rings (SSSR count). The van der Waals surface area contributed by atoms with Gasteiger partial charge in [0.2, 0.25) is 0 Å². The van der Waals surface area contributed by atoms with E-state index in [-0.39, 0.29) is 0 Å². The second-order valence-corrected chi connectivity index (χ2v) is 3.50. The molecule has 1 heterocycles. The van der Waals surface area contributed by atoms with E-state index in [0.717, 1.165) is 19.6 Å². The molecule has 0 amide bonds. The van der Waals surface area contributed by atoms with Gasteiger partial charge in [-0.05, 0) is 20.9 Å². The zero-order chi connectivity index (χ0) is 8.27. The molecule has 64 valence electrons. The molecular weight excluding hydrogens is 136 g/mol. The minimum absolute atomic E-state index is 0.605. The Morgan fingerprint density at radius 1 is 1.55 bits per heavy atom. The Hall–Kier alpha value is -0.340. The number of nitrogens with zero attached hydrogens (tertiary/aromatic N) is 1. The van der Waals surface area contributed by atoms with Crippen molar-refractivity contribution in [3.63, 3.8) is 0 Å². The Morgan fingerprint density at radius 3 is 2.82 bits per heavy atom. The molecule has 2 heteroatoms. The van der Waals surface area contributed by atoms with Gasteiger partial charge in [0.25, 0.3) is 0 Å². The standard InChI is InChI=1S/C9H18N2/c1-8(2)6-9-7-10-4-5-11(9)3/h6,9-10H,4-5,7H2,1-3H3. The van der Waals surface area contributed by atoms with Gasteiger partial charge < -0.3 is 5.32 Å². The number of likely N-dealkylation sites (N-methyl/N-ethyl adjacent to an activating group) is 1. The Kier molecular flexibility index (Phi) is 3.09. The van der Waals surface area contributed by atoms with E-state index in [1.807, 2.05) is 0 Å². The van der Waals surface area contributed by atoms with Crippen LogP contribution in [0.4, 0.5) is 0 Å². The second kappa shape index (κ2) is 3.88. The van der Waals surface area contributed by atoms with Crippen molar-refractivity contribution in [2.75, 3.05) is 26.7 Å². The van der Waals surface area contributed by atoms with E-state index in [2.05, 4.69) is 37.2 Å². The van der Waals surface area contributed by atoms with Crippen molar-refractivity contribution >= 4 is 0 Å². The van der Waals surface area contributed by atoms with Crippen LogP contribution in [0.25, 0.3) is 0 Å². The first-order valence-electron chi connectivity index (χ1n) is 4.26. The van der Waals surface area contributed by atoms with Crippen LogP contribution in [0.3, 0.4) is 0 Å². The van der Waals surface area contributed by atoms with Gasteiger partial charge >= 0.3 is 0 Å². The van der Waals surface area contributed by atoms with Crippen molar-refractivity contribution in [3.8, 4) is 0 Å². The highest BCUT2D eigenvalue weighted by Crippen LogP contribution is 2.03. The zero-order valence-corrected chi connectivity index (χ0v) is 7.72. The maximum atomic E-state index is 3.38. The van der Waals surface area contributed by atoms with Crippen LogP contribution in [0.15, 0.2) is 11.6 Å². The van der Waals surface area contributed by atoms with Crippen LogP contribution in [-0.4, -0.2) is 37.6 Å². The third kappa shape index (κ3) is 2.64. The molecule has 1 N–H and O–H groups in total. The summed E-state index contributed by atoms with van der Waals surface area (Å²) >= 11 is 0. The molecule has 0 aromatic heterocycles. The average molecular weight is 154 g/mol. The molecule has 0 spiro atoms. The number of rotatable bonds is 1. The molecule has 1 saturated heterocycles. The van der Waals surface area contributed by atoms with Gasteiger partial charge in [0.05, 0.1) is 0 Å². The van der Waals surface area contributed by atoms with Crippen LogP contribution in [0.2, 0.25) is 0 Å². The summed E-state index contributed by atoms with van der Waals surface area (Å²) in [7, 11) is 2.19. The lowest BCUT2D eigenvalue weighted by Gasteiger charge is -2.31. The largest absolute Gasteiger partial charge is 0.314 e. The van der Waals surface area contributed by atoms with E-state index in [0.29, 0.717) is 6.04 Å². The maximum Gasteiger partial charge on any atom is 0.0403 e. The topological polar surface area (TPSA) is 15.3 Å². The predicted molar refractivity (Wildman–Crippen MR) is 48.7 cm³/mol. The molecule has 2 nitrogen and oxygen atoms in total. The predicted octanol–water partition coefficient (Wildman–Crippen LogP) is 0.856. The first kappa shape index (κ1) is 8.75. The molecule has 1 fully saturated rings. The SMILES string of the molecule is CC(C)=CC1CNCCN1C. The van der Waals surface area contributed by atoms with Gasteiger partial charge in [0.1, 0.15) is 0 Å². The van der Waals surface area contributed by atoms with E-state index in [1.54, 1.807) is 0 Å². The Labute approximate surface area is 69.3 Å². The molecule has 0 saturated carbocycles. The first-order chi connectivity index (χ1) is 5.20. The summed E-state index contributed by atoms with van der Waals surface area (Å²) in [6, 6.07) is 0.605. The van der Waals surface area contributed by atoms with Crippen LogP contribution in [-0.2, 0) is 0 Å². The summed E-state index contributed by atoms with van der Waals surface area (Å²) in [5, 5.41) is 3.38. The summed E-state index contributed by atoms with van der Waals surface area (Å²) in [6.07, 6.45) is 2.33. The fourth-order valence-corrected chi connectivity index (χ4v) is 1.40. The van der Waals surface area contributed by atoms with Crippen molar-refractivity contribution in [1.82, 2.24) is 10.2 Å². The third-order valence-corrected chi connectivity index (χ3v) is 2.09. The molecule has 1 unspecified atom stereocenters. The van der Waals surface area contributed by atoms with Gasteiger partial charge in [-0.3, -0.25) is 4.90 Å². The lowest BCUT2D eigenvalue weighted by atomic mass is 10.1. The van der Waals surface area contributed by atoms with E-state index in [9.17, 15) is 0 Å². The van der Waals surface area contributed by atoms with Gasteiger partial charge in [0, 0.05) is 25.7 Å². The fourth-order valence-electron chi connectivity index (χ4n) is 1.40. The molecule has 11 heavy (non-hydrogen) atoms. The van der Waals surface area contributed by atoms with Gasteiger partial charge in [-0.2, -0.15) is 0 Å². The van der Waals surface area contributed by atoms with Crippen molar-refractivity contribution in [2.24, 2.45) is 0 Å². The lowest BCUT2D eigenvalue weighted by molar-refractivity contribution is 0.236. The van der Waals surface area contributed by atoms with E-state index in [1.165, 1.54) is 5.57 Å². The third-order valence-electron chi connectivity index (χ3n) is 2.09. The monoisotopic (exact) mass is 154 g/mol. The van der Waals surface area contributed by atoms with Crippen LogP contribution >= 0.6 is 0 Å².